The van der Waals surface area contributed by atoms with Crippen molar-refractivity contribution >= 4 is 17.4 Å². The predicted octanol–water partition coefficient (Wildman–Crippen LogP) is 4.31. The van der Waals surface area contributed by atoms with Crippen molar-refractivity contribution in [3.05, 3.63) is 46.2 Å². The average molecular weight is 370 g/mol. The maximum Gasteiger partial charge on any atom is 0.387 e. The van der Waals surface area contributed by atoms with Crippen molar-refractivity contribution in [2.24, 2.45) is 0 Å². The van der Waals surface area contributed by atoms with Crippen LogP contribution in [0, 0.1) is 0 Å². The molecule has 8 heteroatoms. The van der Waals surface area contributed by atoms with Gasteiger partial charge in [0.2, 0.25) is 0 Å². The first-order valence-corrected chi connectivity index (χ1v) is 8.61. The third-order valence-electron chi connectivity index (χ3n) is 3.50. The fraction of sp³-hybridized carbons (Fsp3) is 0.353. The normalized spacial score (nSPS) is 11.9. The van der Waals surface area contributed by atoms with Crippen molar-refractivity contribution in [3.63, 3.8) is 0 Å². The van der Waals surface area contributed by atoms with Gasteiger partial charge >= 0.3 is 12.6 Å². The first-order valence-electron chi connectivity index (χ1n) is 7.73. The van der Waals surface area contributed by atoms with Crippen molar-refractivity contribution in [2.45, 2.75) is 32.5 Å². The third-order valence-corrected chi connectivity index (χ3v) is 4.48. The van der Waals surface area contributed by atoms with Gasteiger partial charge in [0.05, 0.1) is 13.2 Å². The molecule has 2 amide bonds. The SMILES string of the molecule is CCC(NC(=O)NCc1ccc(OC(F)F)c(OC)c1)c1cccs1. The molecule has 0 aliphatic heterocycles. The number of hydrogen-bond acceptors (Lipinski definition) is 4. The highest BCUT2D eigenvalue weighted by Crippen LogP contribution is 2.29. The molecule has 1 aromatic carbocycles. The molecule has 2 aromatic rings. The van der Waals surface area contributed by atoms with E-state index in [4.69, 9.17) is 4.74 Å². The monoisotopic (exact) mass is 370 g/mol. The lowest BCUT2D eigenvalue weighted by Crippen LogP contribution is -2.37. The zero-order valence-electron chi connectivity index (χ0n) is 13.9. The number of benzene rings is 1. The summed E-state index contributed by atoms with van der Waals surface area (Å²) in [6, 6.07) is 8.11. The van der Waals surface area contributed by atoms with Gasteiger partial charge in [0.15, 0.2) is 11.5 Å². The molecule has 1 heterocycles. The summed E-state index contributed by atoms with van der Waals surface area (Å²) < 4.78 is 34.0. The van der Waals surface area contributed by atoms with Crippen molar-refractivity contribution in [2.75, 3.05) is 7.11 Å². The molecule has 0 aliphatic carbocycles. The van der Waals surface area contributed by atoms with E-state index in [0.29, 0.717) is 5.56 Å². The third kappa shape index (κ3) is 5.60. The number of nitrogens with one attached hydrogen (secondary N) is 2. The van der Waals surface area contributed by atoms with E-state index in [-0.39, 0.29) is 30.1 Å². The van der Waals surface area contributed by atoms with Crippen LogP contribution < -0.4 is 20.1 Å². The van der Waals surface area contributed by atoms with E-state index in [1.807, 2.05) is 24.4 Å². The first kappa shape index (κ1) is 19.0. The van der Waals surface area contributed by atoms with Crippen molar-refractivity contribution < 1.29 is 23.0 Å². The summed E-state index contributed by atoms with van der Waals surface area (Å²) in [5, 5.41) is 7.62. The lowest BCUT2D eigenvalue weighted by Gasteiger charge is -2.16. The zero-order chi connectivity index (χ0) is 18.2. The van der Waals surface area contributed by atoms with E-state index in [9.17, 15) is 13.6 Å². The number of alkyl halides is 2. The summed E-state index contributed by atoms with van der Waals surface area (Å²) in [6.07, 6.45) is 0.779. The number of methoxy groups -OCH3 is 1. The van der Waals surface area contributed by atoms with Gasteiger partial charge < -0.3 is 20.1 Å². The molecule has 2 rings (SSSR count). The molecule has 5 nitrogen and oxygen atoms in total. The number of carbonyl (C=O) groups is 1. The van der Waals surface area contributed by atoms with Gasteiger partial charge in [0.25, 0.3) is 0 Å². The highest BCUT2D eigenvalue weighted by atomic mass is 32.1. The summed E-state index contributed by atoms with van der Waals surface area (Å²) in [6.45, 7) is -0.693. The zero-order valence-corrected chi connectivity index (χ0v) is 14.7. The van der Waals surface area contributed by atoms with E-state index >= 15 is 0 Å². The van der Waals surface area contributed by atoms with Crippen LogP contribution in [0.25, 0.3) is 0 Å². The molecule has 1 unspecified atom stereocenters. The Hall–Kier alpha value is -2.35. The van der Waals surface area contributed by atoms with E-state index in [2.05, 4.69) is 15.4 Å². The molecule has 0 radical (unpaired) electrons. The second kappa shape index (κ2) is 9.22. The minimum absolute atomic E-state index is 0.0450. The van der Waals surface area contributed by atoms with Crippen LogP contribution in [0.1, 0.15) is 29.8 Å². The van der Waals surface area contributed by atoms with Crippen molar-refractivity contribution in [1.82, 2.24) is 10.6 Å². The molecule has 0 saturated heterocycles. The summed E-state index contributed by atoms with van der Waals surface area (Å²) in [5.74, 6) is 0.138. The molecule has 0 spiro atoms. The van der Waals surface area contributed by atoms with Gasteiger partial charge in [-0.15, -0.1) is 11.3 Å². The standard InChI is InChI=1S/C17H20F2N2O3S/c1-3-12(15-5-4-8-25-15)21-17(22)20-10-11-6-7-13(24-16(18)19)14(9-11)23-2/h4-9,12,16H,3,10H2,1-2H3,(H2,20,21,22). The maximum absolute atomic E-state index is 12.3. The number of urea groups is 1. The molecule has 2 N–H and O–H groups in total. The van der Waals surface area contributed by atoms with E-state index < -0.39 is 6.61 Å². The predicted molar refractivity (Wildman–Crippen MR) is 92.3 cm³/mol. The molecule has 1 aromatic heterocycles. The van der Waals surface area contributed by atoms with Crippen LogP contribution in [0.15, 0.2) is 35.7 Å². The quantitative estimate of drug-likeness (QED) is 0.728. The fourth-order valence-electron chi connectivity index (χ4n) is 2.27. The van der Waals surface area contributed by atoms with Crippen LogP contribution in [0.2, 0.25) is 0 Å². The van der Waals surface area contributed by atoms with Crippen molar-refractivity contribution in [3.8, 4) is 11.5 Å². The maximum atomic E-state index is 12.3. The molecule has 25 heavy (non-hydrogen) atoms. The number of hydrogen-bond donors (Lipinski definition) is 2. The Morgan fingerprint density at radius 2 is 2.08 bits per heavy atom. The van der Waals surface area contributed by atoms with Crippen LogP contribution >= 0.6 is 11.3 Å². The molecule has 1 atom stereocenters. The Morgan fingerprint density at radius 1 is 1.28 bits per heavy atom. The largest absolute Gasteiger partial charge is 0.493 e. The lowest BCUT2D eigenvalue weighted by atomic mass is 10.2. The van der Waals surface area contributed by atoms with Gasteiger partial charge in [0.1, 0.15) is 0 Å². The lowest BCUT2D eigenvalue weighted by molar-refractivity contribution is -0.0512. The Labute approximate surface area is 149 Å². The van der Waals surface area contributed by atoms with Crippen LogP contribution in [0.5, 0.6) is 11.5 Å². The van der Waals surface area contributed by atoms with Gasteiger partial charge in [-0.05, 0) is 35.6 Å². The second-order valence-electron chi connectivity index (χ2n) is 5.17. The second-order valence-corrected chi connectivity index (χ2v) is 6.15. The summed E-state index contributed by atoms with van der Waals surface area (Å²) >= 11 is 1.59. The molecular weight excluding hydrogens is 350 g/mol. The number of amides is 2. The topological polar surface area (TPSA) is 59.6 Å². The van der Waals surface area contributed by atoms with Gasteiger partial charge in [-0.1, -0.05) is 19.1 Å². The van der Waals surface area contributed by atoms with Crippen LogP contribution in [-0.4, -0.2) is 19.8 Å². The van der Waals surface area contributed by atoms with Crippen molar-refractivity contribution in [1.29, 1.82) is 0 Å². The molecular formula is C17H20F2N2O3S. The molecule has 136 valence electrons. The van der Waals surface area contributed by atoms with E-state index in [1.54, 1.807) is 23.5 Å². The number of ether oxygens (including phenoxy) is 2. The highest BCUT2D eigenvalue weighted by molar-refractivity contribution is 7.10. The van der Waals surface area contributed by atoms with Crippen LogP contribution in [-0.2, 0) is 6.54 Å². The molecule has 0 aliphatic rings. The number of rotatable bonds is 8. The first-order chi connectivity index (χ1) is 12.0. The fourth-order valence-corrected chi connectivity index (χ4v) is 3.13. The Balaban J connectivity index is 1.92. The van der Waals surface area contributed by atoms with Gasteiger partial charge in [-0.25, -0.2) is 4.79 Å². The smallest absolute Gasteiger partial charge is 0.387 e. The van der Waals surface area contributed by atoms with Gasteiger partial charge in [-0.3, -0.25) is 0 Å². The van der Waals surface area contributed by atoms with Crippen LogP contribution in [0.4, 0.5) is 13.6 Å². The number of thiophene rings is 1. The average Bonchev–Trinajstić information content (AvgIpc) is 3.12. The van der Waals surface area contributed by atoms with Gasteiger partial charge in [-0.2, -0.15) is 8.78 Å². The van der Waals surface area contributed by atoms with Crippen LogP contribution in [0.3, 0.4) is 0 Å². The summed E-state index contributed by atoms with van der Waals surface area (Å²) in [4.78, 5) is 13.2. The Bertz CT molecular complexity index is 681. The molecule has 0 bridgehead atoms. The van der Waals surface area contributed by atoms with Gasteiger partial charge in [0, 0.05) is 11.4 Å². The number of halogens is 2. The summed E-state index contributed by atoms with van der Waals surface area (Å²) in [7, 11) is 1.37. The molecule has 0 saturated carbocycles. The number of carbonyl (C=O) groups excluding carboxylic acids is 1. The minimum Gasteiger partial charge on any atom is -0.493 e. The van der Waals surface area contributed by atoms with E-state index in [0.717, 1.165) is 11.3 Å². The molecule has 0 fully saturated rings. The Morgan fingerprint density at radius 3 is 2.68 bits per heavy atom. The van der Waals surface area contributed by atoms with E-state index in [1.165, 1.54) is 13.2 Å². The highest BCUT2D eigenvalue weighted by Gasteiger charge is 2.14. The summed E-state index contributed by atoms with van der Waals surface area (Å²) in [5.41, 5.74) is 0.706. The minimum atomic E-state index is -2.92. The Kier molecular flexibility index (Phi) is 7.00.